The van der Waals surface area contributed by atoms with E-state index in [1.54, 1.807) is 0 Å². The zero-order valence-electron chi connectivity index (χ0n) is 15.2. The van der Waals surface area contributed by atoms with E-state index < -0.39 is 17.5 Å². The number of amides is 2. The fourth-order valence-electron chi connectivity index (χ4n) is 2.95. The predicted octanol–water partition coefficient (Wildman–Crippen LogP) is 2.32. The van der Waals surface area contributed by atoms with Crippen molar-refractivity contribution in [3.63, 3.8) is 0 Å². The summed E-state index contributed by atoms with van der Waals surface area (Å²) in [7, 11) is 0. The van der Waals surface area contributed by atoms with Crippen LogP contribution in [0.25, 0.3) is 0 Å². The van der Waals surface area contributed by atoms with Gasteiger partial charge in [-0.2, -0.15) is 0 Å². The largest absolute Gasteiger partial charge is 0.355 e. The highest BCUT2D eigenvalue weighted by atomic mass is 19.1. The highest BCUT2D eigenvalue weighted by Gasteiger charge is 2.15. The van der Waals surface area contributed by atoms with Gasteiger partial charge in [0.2, 0.25) is 5.91 Å². The molecule has 1 aliphatic heterocycles. The van der Waals surface area contributed by atoms with E-state index in [0.717, 1.165) is 37.7 Å². The van der Waals surface area contributed by atoms with E-state index >= 15 is 0 Å². The molecule has 1 aromatic carbocycles. The Bertz CT molecular complexity index is 617. The van der Waals surface area contributed by atoms with E-state index in [9.17, 15) is 18.4 Å². The minimum absolute atomic E-state index is 0.0578. The Labute approximate surface area is 153 Å². The van der Waals surface area contributed by atoms with Crippen LogP contribution >= 0.6 is 0 Å². The Kier molecular flexibility index (Phi) is 7.97. The van der Waals surface area contributed by atoms with E-state index in [-0.39, 0.29) is 18.0 Å². The summed E-state index contributed by atoms with van der Waals surface area (Å²) in [5, 5.41) is 5.42. The monoisotopic (exact) mass is 367 g/mol. The molecule has 2 N–H and O–H groups in total. The molecule has 0 unspecified atom stereocenters. The van der Waals surface area contributed by atoms with Gasteiger partial charge < -0.3 is 15.5 Å². The molecule has 2 amide bonds. The Morgan fingerprint density at radius 1 is 1.15 bits per heavy atom. The van der Waals surface area contributed by atoms with E-state index in [0.29, 0.717) is 25.5 Å². The maximum atomic E-state index is 13.5. The molecule has 5 nitrogen and oxygen atoms in total. The molecule has 0 aromatic heterocycles. The third kappa shape index (κ3) is 6.71. The first kappa shape index (κ1) is 20.3. The summed E-state index contributed by atoms with van der Waals surface area (Å²) in [5.74, 6) is -1.50. The molecule has 26 heavy (non-hydrogen) atoms. The third-order valence-corrected chi connectivity index (χ3v) is 4.67. The van der Waals surface area contributed by atoms with Crippen molar-refractivity contribution >= 4 is 11.8 Å². The minimum Gasteiger partial charge on any atom is -0.355 e. The number of piperidine rings is 1. The quantitative estimate of drug-likeness (QED) is 0.693. The molecular formula is C19H27F2N3O2. The second-order valence-corrected chi connectivity index (χ2v) is 6.86. The van der Waals surface area contributed by atoms with Crippen molar-refractivity contribution in [3.05, 3.63) is 35.4 Å². The molecule has 0 aliphatic carbocycles. The first-order valence-corrected chi connectivity index (χ1v) is 9.18. The average Bonchev–Trinajstić information content (AvgIpc) is 2.60. The van der Waals surface area contributed by atoms with Crippen molar-refractivity contribution in [2.45, 2.75) is 32.6 Å². The van der Waals surface area contributed by atoms with Crippen LogP contribution in [0, 0.1) is 17.6 Å². The molecule has 0 radical (unpaired) electrons. The van der Waals surface area contributed by atoms with Crippen LogP contribution in [0.3, 0.4) is 0 Å². The number of rotatable bonds is 8. The molecule has 0 spiro atoms. The van der Waals surface area contributed by atoms with Crippen LogP contribution in [0.4, 0.5) is 8.78 Å². The number of benzene rings is 1. The maximum Gasteiger partial charge on any atom is 0.254 e. The lowest BCUT2D eigenvalue weighted by Gasteiger charge is -2.30. The smallest absolute Gasteiger partial charge is 0.254 e. The SMILES string of the molecule is CC1CCN(CCNC(=O)CCCNC(=O)c2ccc(F)cc2F)CC1. The molecule has 0 bridgehead atoms. The molecule has 7 heteroatoms. The van der Waals surface area contributed by atoms with Crippen molar-refractivity contribution in [3.8, 4) is 0 Å². The van der Waals surface area contributed by atoms with Crippen LogP contribution < -0.4 is 10.6 Å². The van der Waals surface area contributed by atoms with Crippen molar-refractivity contribution in [2.75, 3.05) is 32.7 Å². The maximum absolute atomic E-state index is 13.5. The van der Waals surface area contributed by atoms with E-state index in [1.165, 1.54) is 12.8 Å². The highest BCUT2D eigenvalue weighted by molar-refractivity contribution is 5.94. The van der Waals surface area contributed by atoms with E-state index in [4.69, 9.17) is 0 Å². The molecule has 1 saturated heterocycles. The minimum atomic E-state index is -0.896. The Morgan fingerprint density at radius 3 is 2.58 bits per heavy atom. The average molecular weight is 367 g/mol. The van der Waals surface area contributed by atoms with Crippen LogP contribution in [0.5, 0.6) is 0 Å². The first-order chi connectivity index (χ1) is 12.5. The molecule has 0 saturated carbocycles. The number of nitrogens with one attached hydrogen (secondary N) is 2. The van der Waals surface area contributed by atoms with Crippen molar-refractivity contribution < 1.29 is 18.4 Å². The molecular weight excluding hydrogens is 340 g/mol. The molecule has 1 fully saturated rings. The number of carbonyl (C=O) groups is 2. The Balaban J connectivity index is 1.56. The predicted molar refractivity (Wildman–Crippen MR) is 95.8 cm³/mol. The van der Waals surface area contributed by atoms with Gasteiger partial charge in [0.15, 0.2) is 0 Å². The van der Waals surface area contributed by atoms with E-state index in [2.05, 4.69) is 22.5 Å². The molecule has 2 rings (SSSR count). The van der Waals surface area contributed by atoms with Crippen molar-refractivity contribution in [1.82, 2.24) is 15.5 Å². The number of hydrogen-bond acceptors (Lipinski definition) is 3. The summed E-state index contributed by atoms with van der Waals surface area (Å²) in [6.07, 6.45) is 3.18. The molecule has 0 atom stereocenters. The van der Waals surface area contributed by atoms with Gasteiger partial charge in [0, 0.05) is 32.1 Å². The fraction of sp³-hybridized carbons (Fsp3) is 0.579. The molecule has 1 heterocycles. The second-order valence-electron chi connectivity index (χ2n) is 6.86. The van der Waals surface area contributed by atoms with Crippen LogP contribution in [0.2, 0.25) is 0 Å². The van der Waals surface area contributed by atoms with Gasteiger partial charge in [-0.1, -0.05) is 6.92 Å². The van der Waals surface area contributed by atoms with Gasteiger partial charge in [0.05, 0.1) is 5.56 Å². The third-order valence-electron chi connectivity index (χ3n) is 4.67. The van der Waals surface area contributed by atoms with E-state index in [1.807, 2.05) is 0 Å². The standard InChI is InChI=1S/C19H27F2N3O2/c1-14-6-10-24(11-7-14)12-9-22-18(25)3-2-8-23-19(26)16-5-4-15(20)13-17(16)21/h4-5,13-14H,2-3,6-12H2,1H3,(H,22,25)(H,23,26). The fourth-order valence-corrected chi connectivity index (χ4v) is 2.95. The van der Waals surface area contributed by atoms with Crippen molar-refractivity contribution in [2.24, 2.45) is 5.92 Å². The van der Waals surface area contributed by atoms with Crippen LogP contribution in [-0.2, 0) is 4.79 Å². The van der Waals surface area contributed by atoms with Crippen LogP contribution in [0.15, 0.2) is 18.2 Å². The van der Waals surface area contributed by atoms with Crippen LogP contribution in [0.1, 0.15) is 43.0 Å². The summed E-state index contributed by atoms with van der Waals surface area (Å²) in [4.78, 5) is 26.0. The zero-order valence-corrected chi connectivity index (χ0v) is 15.2. The van der Waals surface area contributed by atoms with Gasteiger partial charge >= 0.3 is 0 Å². The number of hydrogen-bond donors (Lipinski definition) is 2. The topological polar surface area (TPSA) is 61.4 Å². The molecule has 144 valence electrons. The van der Waals surface area contributed by atoms with Gasteiger partial charge in [0.25, 0.3) is 5.91 Å². The number of nitrogens with zero attached hydrogens (tertiary/aromatic N) is 1. The normalized spacial score (nSPS) is 15.7. The first-order valence-electron chi connectivity index (χ1n) is 9.18. The van der Waals surface area contributed by atoms with Gasteiger partial charge in [-0.05, 0) is 50.4 Å². The van der Waals surface area contributed by atoms with Gasteiger partial charge in [0.1, 0.15) is 11.6 Å². The summed E-state index contributed by atoms with van der Waals surface area (Å²) in [6.45, 7) is 6.18. The molecule has 1 aromatic rings. The number of halogens is 2. The molecule has 1 aliphatic rings. The summed E-state index contributed by atoms with van der Waals surface area (Å²) >= 11 is 0. The number of carbonyl (C=O) groups excluding carboxylic acids is 2. The van der Waals surface area contributed by atoms with Gasteiger partial charge in [-0.3, -0.25) is 9.59 Å². The van der Waals surface area contributed by atoms with Gasteiger partial charge in [-0.15, -0.1) is 0 Å². The lowest BCUT2D eigenvalue weighted by atomic mass is 9.99. The van der Waals surface area contributed by atoms with Gasteiger partial charge in [-0.25, -0.2) is 8.78 Å². The lowest BCUT2D eigenvalue weighted by Crippen LogP contribution is -2.39. The van der Waals surface area contributed by atoms with Crippen molar-refractivity contribution in [1.29, 1.82) is 0 Å². The second kappa shape index (κ2) is 10.2. The highest BCUT2D eigenvalue weighted by Crippen LogP contribution is 2.15. The summed E-state index contributed by atoms with van der Waals surface area (Å²) < 4.78 is 26.3. The lowest BCUT2D eigenvalue weighted by molar-refractivity contribution is -0.121. The van der Waals surface area contributed by atoms with Crippen LogP contribution in [-0.4, -0.2) is 49.4 Å². The number of likely N-dealkylation sites (tertiary alicyclic amines) is 1. The summed E-state index contributed by atoms with van der Waals surface area (Å²) in [6, 6.07) is 2.81. The summed E-state index contributed by atoms with van der Waals surface area (Å²) in [5.41, 5.74) is -0.202. The Morgan fingerprint density at radius 2 is 1.88 bits per heavy atom. The zero-order chi connectivity index (χ0) is 18.9. The Hall–Kier alpha value is -2.02.